The molecule has 5 rings (SSSR count). The highest BCUT2D eigenvalue weighted by molar-refractivity contribution is 6.29. The van der Waals surface area contributed by atoms with E-state index in [4.69, 9.17) is 26.1 Å². The molecule has 8 nitrogen and oxygen atoms in total. The maximum Gasteiger partial charge on any atom is 0.225 e. The maximum absolute atomic E-state index is 12.8. The molecule has 2 aromatic rings. The third-order valence-electron chi connectivity index (χ3n) is 6.73. The Hall–Kier alpha value is -2.89. The number of halogens is 1. The van der Waals surface area contributed by atoms with Crippen molar-refractivity contribution in [2.45, 2.75) is 44.1 Å². The average Bonchev–Trinajstić information content (AvgIpc) is 3.75. The van der Waals surface area contributed by atoms with Gasteiger partial charge in [0.1, 0.15) is 22.8 Å². The first-order chi connectivity index (χ1) is 16.6. The number of ether oxygens (including phenoxy) is 2. The van der Waals surface area contributed by atoms with Crippen LogP contribution in [0.4, 0.5) is 5.82 Å². The Kier molecular flexibility index (Phi) is 6.57. The summed E-state index contributed by atoms with van der Waals surface area (Å²) in [6, 6.07) is 7.65. The molecule has 0 bridgehead atoms. The Morgan fingerprint density at radius 3 is 2.76 bits per heavy atom. The number of piperazine rings is 1. The predicted molar refractivity (Wildman–Crippen MR) is 127 cm³/mol. The number of pyridine rings is 2. The molecule has 2 aliphatic carbocycles. The zero-order chi connectivity index (χ0) is 23.7. The Morgan fingerprint density at radius 1 is 1.26 bits per heavy atom. The number of nitrogens with zero attached hydrogens (tertiary/aromatic N) is 5. The summed E-state index contributed by atoms with van der Waals surface area (Å²) in [5.74, 6) is 2.84. The van der Waals surface area contributed by atoms with E-state index in [-0.39, 0.29) is 11.9 Å². The molecule has 0 spiro atoms. The summed E-state index contributed by atoms with van der Waals surface area (Å²) in [5.41, 5.74) is 1.36. The van der Waals surface area contributed by atoms with E-state index >= 15 is 0 Å². The summed E-state index contributed by atoms with van der Waals surface area (Å²) >= 11 is 6.02. The molecular formula is C25H28ClN5O3. The monoisotopic (exact) mass is 481 g/mol. The van der Waals surface area contributed by atoms with Crippen molar-refractivity contribution in [2.24, 2.45) is 5.92 Å². The van der Waals surface area contributed by atoms with Crippen molar-refractivity contribution in [1.29, 1.82) is 5.26 Å². The molecule has 0 N–H and O–H groups in total. The van der Waals surface area contributed by atoms with E-state index < -0.39 is 0 Å². The van der Waals surface area contributed by atoms with Crippen molar-refractivity contribution < 1.29 is 14.3 Å². The Labute approximate surface area is 204 Å². The van der Waals surface area contributed by atoms with Gasteiger partial charge in [-0.3, -0.25) is 4.79 Å². The minimum atomic E-state index is 0.144. The van der Waals surface area contributed by atoms with Crippen LogP contribution in [0.3, 0.4) is 0 Å². The van der Waals surface area contributed by atoms with E-state index in [1.165, 1.54) is 0 Å². The smallest absolute Gasteiger partial charge is 0.225 e. The fourth-order valence-electron chi connectivity index (χ4n) is 4.66. The number of hydrogen-bond donors (Lipinski definition) is 0. The summed E-state index contributed by atoms with van der Waals surface area (Å²) in [6.07, 6.45) is 6.38. The van der Waals surface area contributed by atoms with Crippen LogP contribution in [0.2, 0.25) is 5.15 Å². The SMILES string of the molecule is COCCC(=O)N1CCN(c2nc(C3CC3)c(Oc3ccnc(Cl)c3)cc2C#N)CC1C1CC1. The van der Waals surface area contributed by atoms with Crippen molar-refractivity contribution in [2.75, 3.05) is 38.3 Å². The number of nitriles is 1. The number of methoxy groups -OCH3 is 1. The van der Waals surface area contributed by atoms with Crippen LogP contribution in [-0.4, -0.2) is 60.2 Å². The van der Waals surface area contributed by atoms with Gasteiger partial charge in [-0.2, -0.15) is 5.26 Å². The van der Waals surface area contributed by atoms with Gasteiger partial charge in [0.15, 0.2) is 5.75 Å². The van der Waals surface area contributed by atoms with Gasteiger partial charge in [0.05, 0.1) is 30.3 Å². The highest BCUT2D eigenvalue weighted by Crippen LogP contribution is 2.46. The molecule has 2 saturated carbocycles. The average molecular weight is 482 g/mol. The van der Waals surface area contributed by atoms with Gasteiger partial charge >= 0.3 is 0 Å². The zero-order valence-electron chi connectivity index (χ0n) is 19.2. The molecule has 3 aliphatic rings. The molecule has 1 atom stereocenters. The van der Waals surface area contributed by atoms with Crippen LogP contribution in [0.1, 0.15) is 49.3 Å². The van der Waals surface area contributed by atoms with E-state index in [9.17, 15) is 10.1 Å². The van der Waals surface area contributed by atoms with E-state index in [1.54, 1.807) is 31.5 Å². The van der Waals surface area contributed by atoms with Crippen molar-refractivity contribution >= 4 is 23.3 Å². The molecular weight excluding hydrogens is 454 g/mol. The van der Waals surface area contributed by atoms with Crippen LogP contribution in [0.25, 0.3) is 0 Å². The third-order valence-corrected chi connectivity index (χ3v) is 6.94. The second-order valence-corrected chi connectivity index (χ2v) is 9.61. The lowest BCUT2D eigenvalue weighted by molar-refractivity contribution is -0.135. The van der Waals surface area contributed by atoms with E-state index in [0.29, 0.717) is 72.5 Å². The summed E-state index contributed by atoms with van der Waals surface area (Å²) in [5, 5.41) is 10.3. The van der Waals surface area contributed by atoms with Gasteiger partial charge in [-0.25, -0.2) is 9.97 Å². The first-order valence-corrected chi connectivity index (χ1v) is 12.2. The minimum absolute atomic E-state index is 0.144. The molecule has 1 amide bonds. The number of carbonyl (C=O) groups is 1. The number of rotatable bonds is 8. The van der Waals surface area contributed by atoms with Crippen molar-refractivity contribution in [3.05, 3.63) is 40.8 Å². The van der Waals surface area contributed by atoms with Gasteiger partial charge < -0.3 is 19.3 Å². The highest BCUT2D eigenvalue weighted by Gasteiger charge is 2.41. The molecule has 2 aromatic heterocycles. The number of carbonyl (C=O) groups excluding carboxylic acids is 1. The number of amides is 1. The van der Waals surface area contributed by atoms with Crippen molar-refractivity contribution in [3.8, 4) is 17.6 Å². The number of hydrogen-bond acceptors (Lipinski definition) is 7. The molecule has 9 heteroatoms. The van der Waals surface area contributed by atoms with Crippen LogP contribution in [0, 0.1) is 17.2 Å². The Morgan fingerprint density at radius 2 is 2.09 bits per heavy atom. The van der Waals surface area contributed by atoms with E-state index in [2.05, 4.69) is 16.0 Å². The van der Waals surface area contributed by atoms with Crippen molar-refractivity contribution in [3.63, 3.8) is 0 Å². The fourth-order valence-corrected chi connectivity index (χ4v) is 4.82. The molecule has 1 saturated heterocycles. The van der Waals surface area contributed by atoms with E-state index in [1.807, 2.05) is 4.90 Å². The first-order valence-electron chi connectivity index (χ1n) is 11.8. The molecule has 1 aliphatic heterocycles. The first kappa shape index (κ1) is 22.9. The lowest BCUT2D eigenvalue weighted by atomic mass is 10.0. The standard InChI is InChI=1S/C25H28ClN5O3/c1-33-11-7-23(32)31-10-9-30(15-20(31)16-2-3-16)25-18(14-27)12-21(24(29-25)17-4-5-17)34-19-6-8-28-22(26)13-19/h6,8,12-13,16-17,20H,2-5,7,9-11,15H2,1H3. The van der Waals surface area contributed by atoms with E-state index in [0.717, 1.165) is 31.4 Å². The summed E-state index contributed by atoms with van der Waals surface area (Å²) in [6.45, 7) is 2.40. The van der Waals surface area contributed by atoms with Gasteiger partial charge in [-0.15, -0.1) is 0 Å². The van der Waals surface area contributed by atoms with Crippen LogP contribution in [-0.2, 0) is 9.53 Å². The normalized spacial score (nSPS) is 20.2. The van der Waals surface area contributed by atoms with Crippen molar-refractivity contribution in [1.82, 2.24) is 14.9 Å². The second kappa shape index (κ2) is 9.77. The molecule has 3 fully saturated rings. The lowest BCUT2D eigenvalue weighted by Crippen LogP contribution is -2.56. The molecule has 0 aromatic carbocycles. The van der Waals surface area contributed by atoms with Gasteiger partial charge in [0.2, 0.25) is 5.91 Å². The molecule has 34 heavy (non-hydrogen) atoms. The Balaban J connectivity index is 1.42. The second-order valence-electron chi connectivity index (χ2n) is 9.23. The topological polar surface area (TPSA) is 91.6 Å². The summed E-state index contributed by atoms with van der Waals surface area (Å²) in [7, 11) is 1.62. The molecule has 1 unspecified atom stereocenters. The molecule has 178 valence electrons. The quantitative estimate of drug-likeness (QED) is 0.523. The van der Waals surface area contributed by atoms with Crippen LogP contribution >= 0.6 is 11.6 Å². The van der Waals surface area contributed by atoms with Crippen LogP contribution in [0.15, 0.2) is 24.4 Å². The van der Waals surface area contributed by atoms with Gasteiger partial charge in [-0.05, 0) is 37.7 Å². The Bertz CT molecular complexity index is 1110. The number of anilines is 1. The summed E-state index contributed by atoms with van der Waals surface area (Å²) < 4.78 is 11.2. The fraction of sp³-hybridized carbons (Fsp3) is 0.520. The minimum Gasteiger partial charge on any atom is -0.455 e. The summed E-state index contributed by atoms with van der Waals surface area (Å²) in [4.78, 5) is 26.0. The van der Waals surface area contributed by atoms with Crippen LogP contribution < -0.4 is 9.64 Å². The number of aromatic nitrogens is 2. The zero-order valence-corrected chi connectivity index (χ0v) is 20.0. The third kappa shape index (κ3) is 4.96. The van der Waals surface area contributed by atoms with Gasteiger partial charge in [0.25, 0.3) is 0 Å². The largest absolute Gasteiger partial charge is 0.455 e. The maximum atomic E-state index is 12.8. The predicted octanol–water partition coefficient (Wildman–Crippen LogP) is 4.14. The van der Waals surface area contributed by atoms with Crippen LogP contribution in [0.5, 0.6) is 11.5 Å². The molecule has 3 heterocycles. The highest BCUT2D eigenvalue weighted by atomic mass is 35.5. The van der Waals surface area contributed by atoms with Gasteiger partial charge in [0, 0.05) is 51.0 Å². The van der Waals surface area contributed by atoms with Gasteiger partial charge in [-0.1, -0.05) is 11.6 Å². The lowest BCUT2D eigenvalue weighted by Gasteiger charge is -2.42. The molecule has 0 radical (unpaired) electrons.